The molecule has 102 valence electrons. The van der Waals surface area contributed by atoms with Crippen LogP contribution >= 0.6 is 0 Å². The van der Waals surface area contributed by atoms with Gasteiger partial charge in [-0.05, 0) is 38.5 Å². The molecule has 0 amide bonds. The van der Waals surface area contributed by atoms with Crippen LogP contribution in [0.4, 0.5) is 0 Å². The minimum Gasteiger partial charge on any atom is -0.389 e. The quantitative estimate of drug-likeness (QED) is 0.866. The van der Waals surface area contributed by atoms with E-state index >= 15 is 0 Å². The van der Waals surface area contributed by atoms with Crippen molar-refractivity contribution in [1.82, 2.24) is 15.1 Å². The molecule has 0 saturated heterocycles. The summed E-state index contributed by atoms with van der Waals surface area (Å²) in [5.74, 6) is 0. The summed E-state index contributed by atoms with van der Waals surface area (Å²) in [5, 5.41) is 17.4. The van der Waals surface area contributed by atoms with Crippen LogP contribution in [0.25, 0.3) is 5.69 Å². The molecule has 0 spiro atoms. The summed E-state index contributed by atoms with van der Waals surface area (Å²) in [4.78, 5) is 0. The van der Waals surface area contributed by atoms with E-state index in [-0.39, 0.29) is 6.04 Å². The maximum Gasteiger partial charge on any atom is 0.0715 e. The molecule has 1 aromatic heterocycles. The first-order valence-electron chi connectivity index (χ1n) is 6.52. The summed E-state index contributed by atoms with van der Waals surface area (Å²) >= 11 is 0. The normalized spacial score (nSPS) is 13.5. The van der Waals surface area contributed by atoms with Crippen LogP contribution in [0.15, 0.2) is 42.7 Å². The van der Waals surface area contributed by atoms with Crippen LogP contribution in [0.5, 0.6) is 0 Å². The Morgan fingerprint density at radius 1 is 1.32 bits per heavy atom. The largest absolute Gasteiger partial charge is 0.389 e. The summed E-state index contributed by atoms with van der Waals surface area (Å²) in [6, 6.07) is 10.2. The van der Waals surface area contributed by atoms with Gasteiger partial charge in [-0.25, -0.2) is 4.68 Å². The molecule has 0 aliphatic heterocycles. The van der Waals surface area contributed by atoms with Crippen molar-refractivity contribution in [1.29, 1.82) is 0 Å². The highest BCUT2D eigenvalue weighted by Gasteiger charge is 2.16. The number of rotatable bonds is 5. The minimum absolute atomic E-state index is 0.145. The molecule has 0 fully saturated rings. The Hall–Kier alpha value is -1.65. The summed E-state index contributed by atoms with van der Waals surface area (Å²) in [6.07, 6.45) is 3.70. The molecule has 1 atom stereocenters. The van der Waals surface area contributed by atoms with E-state index < -0.39 is 5.60 Å². The zero-order chi connectivity index (χ0) is 13.9. The Morgan fingerprint density at radius 2 is 2.05 bits per heavy atom. The van der Waals surface area contributed by atoms with Gasteiger partial charge in [-0.2, -0.15) is 5.10 Å². The van der Waals surface area contributed by atoms with E-state index in [1.165, 1.54) is 0 Å². The molecule has 0 bridgehead atoms. The van der Waals surface area contributed by atoms with Gasteiger partial charge in [0.2, 0.25) is 0 Å². The lowest BCUT2D eigenvalue weighted by Crippen LogP contribution is -2.36. The molecule has 2 rings (SSSR count). The van der Waals surface area contributed by atoms with Gasteiger partial charge in [0.15, 0.2) is 0 Å². The predicted molar refractivity (Wildman–Crippen MR) is 76.3 cm³/mol. The minimum atomic E-state index is -0.713. The fourth-order valence-corrected chi connectivity index (χ4v) is 1.99. The van der Waals surface area contributed by atoms with Crippen molar-refractivity contribution >= 4 is 0 Å². The maximum atomic E-state index is 9.79. The van der Waals surface area contributed by atoms with E-state index in [9.17, 15) is 5.11 Å². The number of hydrogen-bond acceptors (Lipinski definition) is 3. The summed E-state index contributed by atoms with van der Waals surface area (Å²) in [6.45, 7) is 6.23. The van der Waals surface area contributed by atoms with Gasteiger partial charge in [0.05, 0.1) is 11.3 Å². The lowest BCUT2D eigenvalue weighted by atomic mass is 10.0. The summed E-state index contributed by atoms with van der Waals surface area (Å²) < 4.78 is 1.86. The van der Waals surface area contributed by atoms with E-state index in [1.54, 1.807) is 20.0 Å². The van der Waals surface area contributed by atoms with Crippen molar-refractivity contribution in [3.05, 3.63) is 48.3 Å². The molecular formula is C15H21N3O. The average molecular weight is 259 g/mol. The van der Waals surface area contributed by atoms with Gasteiger partial charge in [-0.1, -0.05) is 18.2 Å². The van der Waals surface area contributed by atoms with Crippen molar-refractivity contribution in [3.63, 3.8) is 0 Å². The average Bonchev–Trinajstić information content (AvgIpc) is 2.89. The van der Waals surface area contributed by atoms with Crippen LogP contribution in [0.3, 0.4) is 0 Å². The Balaban J connectivity index is 2.20. The van der Waals surface area contributed by atoms with E-state index in [0.29, 0.717) is 6.54 Å². The van der Waals surface area contributed by atoms with Crippen molar-refractivity contribution in [2.24, 2.45) is 0 Å². The van der Waals surface area contributed by atoms with Gasteiger partial charge >= 0.3 is 0 Å². The molecule has 0 aliphatic rings. The van der Waals surface area contributed by atoms with Crippen molar-refractivity contribution in [3.8, 4) is 5.69 Å². The van der Waals surface area contributed by atoms with E-state index in [4.69, 9.17) is 0 Å². The Labute approximate surface area is 114 Å². The molecule has 1 aromatic carbocycles. The highest BCUT2D eigenvalue weighted by atomic mass is 16.3. The van der Waals surface area contributed by atoms with Crippen LogP contribution in [-0.2, 0) is 0 Å². The molecular weight excluding hydrogens is 238 g/mol. The smallest absolute Gasteiger partial charge is 0.0715 e. The number of para-hydroxylation sites is 1. The fraction of sp³-hybridized carbons (Fsp3) is 0.400. The van der Waals surface area contributed by atoms with Gasteiger partial charge in [0.25, 0.3) is 0 Å². The first-order chi connectivity index (χ1) is 8.97. The fourth-order valence-electron chi connectivity index (χ4n) is 1.99. The predicted octanol–water partition coefficient (Wildman–Crippen LogP) is 2.29. The summed E-state index contributed by atoms with van der Waals surface area (Å²) in [7, 11) is 0. The molecule has 2 N–H and O–H groups in total. The van der Waals surface area contributed by atoms with Crippen molar-refractivity contribution in [2.45, 2.75) is 32.4 Å². The molecule has 1 unspecified atom stereocenters. The molecule has 0 radical (unpaired) electrons. The van der Waals surface area contributed by atoms with Crippen molar-refractivity contribution < 1.29 is 5.11 Å². The SMILES string of the molecule is CC(NCC(C)(C)O)c1ccccc1-n1cccn1. The monoisotopic (exact) mass is 259 g/mol. The third-order valence-corrected chi connectivity index (χ3v) is 3.00. The Morgan fingerprint density at radius 3 is 2.68 bits per heavy atom. The number of nitrogens with zero attached hydrogens (tertiary/aromatic N) is 2. The standard InChI is InChI=1S/C15H21N3O/c1-12(16-11-15(2,3)19)13-7-4-5-8-14(13)18-10-6-9-17-18/h4-10,12,16,19H,11H2,1-3H3. The van der Waals surface area contributed by atoms with Crippen LogP contribution in [-0.4, -0.2) is 27.0 Å². The van der Waals surface area contributed by atoms with Crippen LogP contribution in [0.1, 0.15) is 32.4 Å². The van der Waals surface area contributed by atoms with Crippen LogP contribution in [0, 0.1) is 0 Å². The molecule has 1 heterocycles. The number of benzene rings is 1. The summed E-state index contributed by atoms with van der Waals surface area (Å²) in [5.41, 5.74) is 1.51. The van der Waals surface area contributed by atoms with Gasteiger partial charge in [0, 0.05) is 25.0 Å². The number of hydrogen-bond donors (Lipinski definition) is 2. The molecule has 0 aliphatic carbocycles. The van der Waals surface area contributed by atoms with Gasteiger partial charge in [-0.15, -0.1) is 0 Å². The molecule has 19 heavy (non-hydrogen) atoms. The molecule has 0 saturated carbocycles. The second-order valence-corrected chi connectivity index (χ2v) is 5.42. The first kappa shape index (κ1) is 13.8. The van der Waals surface area contributed by atoms with Crippen LogP contribution < -0.4 is 5.32 Å². The van der Waals surface area contributed by atoms with Crippen LogP contribution in [0.2, 0.25) is 0 Å². The van der Waals surface area contributed by atoms with E-state index in [1.807, 2.05) is 35.1 Å². The number of nitrogens with one attached hydrogen (secondary N) is 1. The molecule has 2 aromatic rings. The second-order valence-electron chi connectivity index (χ2n) is 5.42. The molecule has 4 heteroatoms. The third-order valence-electron chi connectivity index (χ3n) is 3.00. The Kier molecular flexibility index (Phi) is 4.02. The van der Waals surface area contributed by atoms with Crippen molar-refractivity contribution in [2.75, 3.05) is 6.54 Å². The lowest BCUT2D eigenvalue weighted by Gasteiger charge is -2.23. The van der Waals surface area contributed by atoms with E-state index in [0.717, 1.165) is 11.3 Å². The second kappa shape index (κ2) is 5.55. The number of aromatic nitrogens is 2. The third kappa shape index (κ3) is 3.66. The highest BCUT2D eigenvalue weighted by molar-refractivity contribution is 5.42. The maximum absolute atomic E-state index is 9.79. The first-order valence-corrected chi connectivity index (χ1v) is 6.52. The lowest BCUT2D eigenvalue weighted by molar-refractivity contribution is 0.0770. The van der Waals surface area contributed by atoms with Gasteiger partial charge in [0.1, 0.15) is 0 Å². The van der Waals surface area contributed by atoms with Gasteiger partial charge in [-0.3, -0.25) is 0 Å². The van der Waals surface area contributed by atoms with E-state index in [2.05, 4.69) is 23.4 Å². The number of aliphatic hydroxyl groups is 1. The highest BCUT2D eigenvalue weighted by Crippen LogP contribution is 2.21. The molecule has 4 nitrogen and oxygen atoms in total. The Bertz CT molecular complexity index is 514. The van der Waals surface area contributed by atoms with Gasteiger partial charge < -0.3 is 10.4 Å². The zero-order valence-electron chi connectivity index (χ0n) is 11.7. The zero-order valence-corrected chi connectivity index (χ0v) is 11.7. The topological polar surface area (TPSA) is 50.1 Å².